The molecule has 19 heavy (non-hydrogen) atoms. The fourth-order valence-corrected chi connectivity index (χ4v) is 1.98. The quantitative estimate of drug-likeness (QED) is 0.797. The molecule has 0 radical (unpaired) electrons. The lowest BCUT2D eigenvalue weighted by molar-refractivity contribution is 0.0647. The monoisotopic (exact) mass is 264 g/mol. The van der Waals surface area contributed by atoms with Crippen molar-refractivity contribution in [3.05, 3.63) is 35.9 Å². The Kier molecular flexibility index (Phi) is 5.65. The minimum atomic E-state index is -0.448. The van der Waals surface area contributed by atoms with Gasteiger partial charge in [-0.25, -0.2) is 10.2 Å². The molecule has 0 aromatic heterocycles. The second-order valence-corrected chi connectivity index (χ2v) is 4.62. The molecule has 0 spiro atoms. The van der Waals surface area contributed by atoms with Gasteiger partial charge in [-0.3, -0.25) is 5.43 Å². The van der Waals surface area contributed by atoms with Gasteiger partial charge < -0.3 is 9.47 Å². The normalized spacial score (nSPS) is 16.0. The van der Waals surface area contributed by atoms with E-state index < -0.39 is 6.09 Å². The minimum Gasteiger partial charge on any atom is -0.444 e. The third-order valence-electron chi connectivity index (χ3n) is 3.13. The maximum absolute atomic E-state index is 11.4. The van der Waals surface area contributed by atoms with E-state index in [0.29, 0.717) is 5.92 Å². The number of ether oxygens (including phenoxy) is 2. The molecule has 1 aromatic rings. The highest BCUT2D eigenvalue weighted by atomic mass is 16.6. The van der Waals surface area contributed by atoms with Crippen LogP contribution in [0.25, 0.3) is 0 Å². The smallest absolute Gasteiger partial charge is 0.421 e. The number of carbonyl (C=O) groups is 1. The van der Waals surface area contributed by atoms with E-state index in [1.165, 1.54) is 0 Å². The SMILES string of the molecule is O=C(NNCC1CCOCC1)OCc1ccccc1. The first-order valence-electron chi connectivity index (χ1n) is 6.62. The summed E-state index contributed by atoms with van der Waals surface area (Å²) in [5.74, 6) is 0.558. The van der Waals surface area contributed by atoms with Crippen LogP contribution in [0, 0.1) is 5.92 Å². The van der Waals surface area contributed by atoms with Crippen molar-refractivity contribution < 1.29 is 14.3 Å². The third-order valence-corrected chi connectivity index (χ3v) is 3.13. The predicted octanol–water partition coefficient (Wildman–Crippen LogP) is 1.84. The van der Waals surface area contributed by atoms with Crippen LogP contribution >= 0.6 is 0 Å². The zero-order valence-electron chi connectivity index (χ0n) is 10.9. The van der Waals surface area contributed by atoms with Gasteiger partial charge in [-0.15, -0.1) is 0 Å². The van der Waals surface area contributed by atoms with Crippen molar-refractivity contribution in [2.45, 2.75) is 19.4 Å². The standard InChI is InChI=1S/C14H20N2O3/c17-14(19-11-13-4-2-1-3-5-13)16-15-10-12-6-8-18-9-7-12/h1-5,12,15H,6-11H2,(H,16,17). The Balaban J connectivity index is 1.57. The predicted molar refractivity (Wildman–Crippen MR) is 71.3 cm³/mol. The molecular weight excluding hydrogens is 244 g/mol. The number of amides is 1. The molecule has 1 amide bonds. The molecule has 0 saturated carbocycles. The van der Waals surface area contributed by atoms with Crippen LogP contribution in [0.15, 0.2) is 30.3 Å². The highest BCUT2D eigenvalue weighted by Gasteiger charge is 2.13. The van der Waals surface area contributed by atoms with Crippen molar-refractivity contribution in [1.82, 2.24) is 10.9 Å². The van der Waals surface area contributed by atoms with Gasteiger partial charge in [-0.2, -0.15) is 0 Å². The van der Waals surface area contributed by atoms with E-state index in [2.05, 4.69) is 10.9 Å². The van der Waals surface area contributed by atoms with Crippen molar-refractivity contribution in [3.8, 4) is 0 Å². The summed E-state index contributed by atoms with van der Waals surface area (Å²) in [5, 5.41) is 0. The molecule has 0 atom stereocenters. The van der Waals surface area contributed by atoms with Crippen LogP contribution in [-0.2, 0) is 16.1 Å². The van der Waals surface area contributed by atoms with E-state index in [0.717, 1.165) is 38.2 Å². The summed E-state index contributed by atoms with van der Waals surface area (Å²) in [6, 6.07) is 9.60. The fourth-order valence-electron chi connectivity index (χ4n) is 1.98. The van der Waals surface area contributed by atoms with Crippen LogP contribution in [0.3, 0.4) is 0 Å². The second-order valence-electron chi connectivity index (χ2n) is 4.62. The molecule has 104 valence electrons. The molecule has 0 aliphatic carbocycles. The molecule has 1 aromatic carbocycles. The van der Waals surface area contributed by atoms with Crippen molar-refractivity contribution >= 4 is 6.09 Å². The molecule has 2 N–H and O–H groups in total. The third kappa shape index (κ3) is 5.28. The van der Waals surface area contributed by atoms with E-state index in [9.17, 15) is 4.79 Å². The lowest BCUT2D eigenvalue weighted by Crippen LogP contribution is -2.41. The lowest BCUT2D eigenvalue weighted by Gasteiger charge is -2.22. The largest absolute Gasteiger partial charge is 0.444 e. The molecule has 1 saturated heterocycles. The van der Waals surface area contributed by atoms with E-state index in [4.69, 9.17) is 9.47 Å². The topological polar surface area (TPSA) is 59.6 Å². The summed E-state index contributed by atoms with van der Waals surface area (Å²) in [4.78, 5) is 11.4. The fraction of sp³-hybridized carbons (Fsp3) is 0.500. The highest BCUT2D eigenvalue weighted by molar-refractivity contribution is 5.66. The second kappa shape index (κ2) is 7.76. The number of hydrazine groups is 1. The van der Waals surface area contributed by atoms with Gasteiger partial charge >= 0.3 is 6.09 Å². The molecular formula is C14H20N2O3. The summed E-state index contributed by atoms with van der Waals surface area (Å²) < 4.78 is 10.4. The molecule has 0 bridgehead atoms. The van der Waals surface area contributed by atoms with E-state index in [1.807, 2.05) is 30.3 Å². The maximum Gasteiger partial charge on any atom is 0.421 e. The van der Waals surface area contributed by atoms with Crippen LogP contribution in [-0.4, -0.2) is 25.9 Å². The maximum atomic E-state index is 11.4. The number of hydrogen-bond acceptors (Lipinski definition) is 4. The van der Waals surface area contributed by atoms with Crippen LogP contribution in [0.5, 0.6) is 0 Å². The number of benzene rings is 1. The molecule has 1 heterocycles. The Morgan fingerprint density at radius 3 is 2.74 bits per heavy atom. The Labute approximate surface area is 113 Å². The van der Waals surface area contributed by atoms with Crippen LogP contribution in [0.2, 0.25) is 0 Å². The first kappa shape index (κ1) is 13.8. The van der Waals surface area contributed by atoms with Crippen molar-refractivity contribution in [2.75, 3.05) is 19.8 Å². The Hall–Kier alpha value is -1.59. The Morgan fingerprint density at radius 1 is 1.26 bits per heavy atom. The Bertz CT molecular complexity index is 378. The minimum absolute atomic E-state index is 0.283. The van der Waals surface area contributed by atoms with Gasteiger partial charge in [-0.1, -0.05) is 30.3 Å². The van der Waals surface area contributed by atoms with Crippen LogP contribution in [0.1, 0.15) is 18.4 Å². The summed E-state index contributed by atoms with van der Waals surface area (Å²) in [6.45, 7) is 2.66. The first-order chi connectivity index (χ1) is 9.34. The summed E-state index contributed by atoms with van der Waals surface area (Å²) in [7, 11) is 0. The van der Waals surface area contributed by atoms with E-state index in [-0.39, 0.29) is 6.61 Å². The molecule has 2 rings (SSSR count). The van der Waals surface area contributed by atoms with E-state index in [1.54, 1.807) is 0 Å². The van der Waals surface area contributed by atoms with Gasteiger partial charge in [0.2, 0.25) is 0 Å². The zero-order valence-corrected chi connectivity index (χ0v) is 10.9. The van der Waals surface area contributed by atoms with E-state index >= 15 is 0 Å². The molecule has 0 unspecified atom stereocenters. The zero-order chi connectivity index (χ0) is 13.3. The average Bonchev–Trinajstić information content (AvgIpc) is 2.47. The summed E-state index contributed by atoms with van der Waals surface area (Å²) in [5.41, 5.74) is 6.43. The summed E-state index contributed by atoms with van der Waals surface area (Å²) >= 11 is 0. The molecule has 5 heteroatoms. The first-order valence-corrected chi connectivity index (χ1v) is 6.62. The highest BCUT2D eigenvalue weighted by Crippen LogP contribution is 2.12. The number of hydrogen-bond donors (Lipinski definition) is 2. The molecule has 1 aliphatic heterocycles. The van der Waals surface area contributed by atoms with Crippen molar-refractivity contribution in [3.63, 3.8) is 0 Å². The van der Waals surface area contributed by atoms with Crippen molar-refractivity contribution in [2.24, 2.45) is 5.92 Å². The van der Waals surface area contributed by atoms with Gasteiger partial charge in [0.15, 0.2) is 0 Å². The average molecular weight is 264 g/mol. The summed E-state index contributed by atoms with van der Waals surface area (Å²) in [6.07, 6.45) is 1.62. The molecule has 5 nitrogen and oxygen atoms in total. The number of carbonyl (C=O) groups excluding carboxylic acids is 1. The molecule has 1 fully saturated rings. The molecule has 1 aliphatic rings. The van der Waals surface area contributed by atoms with Gasteiger partial charge in [0, 0.05) is 19.8 Å². The number of nitrogens with one attached hydrogen (secondary N) is 2. The lowest BCUT2D eigenvalue weighted by atomic mass is 10.0. The van der Waals surface area contributed by atoms with Gasteiger partial charge in [0.1, 0.15) is 6.61 Å². The van der Waals surface area contributed by atoms with Crippen molar-refractivity contribution in [1.29, 1.82) is 0 Å². The Morgan fingerprint density at radius 2 is 2.00 bits per heavy atom. The van der Waals surface area contributed by atoms with Gasteiger partial charge in [0.25, 0.3) is 0 Å². The number of rotatable bonds is 5. The van der Waals surface area contributed by atoms with Gasteiger partial charge in [-0.05, 0) is 24.3 Å². The van der Waals surface area contributed by atoms with Gasteiger partial charge in [0.05, 0.1) is 0 Å². The van der Waals surface area contributed by atoms with Crippen LogP contribution in [0.4, 0.5) is 4.79 Å². The van der Waals surface area contributed by atoms with Crippen LogP contribution < -0.4 is 10.9 Å².